The zero-order chi connectivity index (χ0) is 47.8. The van der Waals surface area contributed by atoms with Crippen LogP contribution >= 0.6 is 7.82 Å². The van der Waals surface area contributed by atoms with Crippen molar-refractivity contribution in [2.75, 3.05) is 40.9 Å². The molecule has 0 aliphatic rings. The number of likely N-dealkylation sites (N-methyl/N-ethyl adjacent to an activating group) is 1. The van der Waals surface area contributed by atoms with Crippen LogP contribution in [0, 0.1) is 0 Å². The summed E-state index contributed by atoms with van der Waals surface area (Å²) in [6.07, 6.45) is 60.1. The van der Waals surface area contributed by atoms with Crippen LogP contribution in [0.15, 0.2) is 12.2 Å². The van der Waals surface area contributed by atoms with Crippen LogP contribution < -0.4 is 10.2 Å². The zero-order valence-electron chi connectivity index (χ0n) is 44.2. The SMILES string of the molecule is CCC/C=C/C(O)C(COP(=O)([O-])OCC[N+](C)(C)C)NC(=O)CCCCCCCCCCCCCCCCCCCCCCCCCCCCCCCCCCCCCCCCCC. The highest BCUT2D eigenvalue weighted by molar-refractivity contribution is 7.45. The van der Waals surface area contributed by atoms with Crippen molar-refractivity contribution >= 4 is 13.7 Å². The number of aliphatic hydroxyl groups is 1. The maximum absolute atomic E-state index is 12.7. The average molecular weight is 942 g/mol. The number of carbonyl (C=O) groups excluding carboxylic acids is 1. The molecule has 0 heterocycles. The van der Waals surface area contributed by atoms with Gasteiger partial charge in [-0.25, -0.2) is 0 Å². The Morgan fingerprint density at radius 2 is 0.831 bits per heavy atom. The minimum atomic E-state index is -4.56. The van der Waals surface area contributed by atoms with E-state index in [0.29, 0.717) is 17.4 Å². The smallest absolute Gasteiger partial charge is 0.268 e. The largest absolute Gasteiger partial charge is 0.756 e. The highest BCUT2D eigenvalue weighted by atomic mass is 31.2. The zero-order valence-corrected chi connectivity index (χ0v) is 45.1. The predicted octanol–water partition coefficient (Wildman–Crippen LogP) is 16.4. The molecule has 0 fully saturated rings. The predicted molar refractivity (Wildman–Crippen MR) is 279 cm³/mol. The van der Waals surface area contributed by atoms with E-state index in [-0.39, 0.29) is 19.1 Å². The van der Waals surface area contributed by atoms with Gasteiger partial charge in [-0.05, 0) is 12.8 Å². The molecule has 3 unspecified atom stereocenters. The summed E-state index contributed by atoms with van der Waals surface area (Å²) in [4.78, 5) is 25.0. The Hall–Kier alpha value is -0.760. The molecule has 0 aromatic heterocycles. The molecule has 9 heteroatoms. The molecule has 0 bridgehead atoms. The van der Waals surface area contributed by atoms with Crippen molar-refractivity contribution in [3.63, 3.8) is 0 Å². The number of nitrogens with one attached hydrogen (secondary N) is 1. The first-order chi connectivity index (χ1) is 31.5. The monoisotopic (exact) mass is 941 g/mol. The number of unbranched alkanes of at least 4 members (excludes halogenated alkanes) is 40. The third-order valence-corrected chi connectivity index (χ3v) is 14.2. The van der Waals surface area contributed by atoms with Crippen molar-refractivity contribution in [2.24, 2.45) is 0 Å². The highest BCUT2D eigenvalue weighted by Crippen LogP contribution is 2.38. The third-order valence-electron chi connectivity index (χ3n) is 13.2. The fraction of sp³-hybridized carbons (Fsp3) is 0.946. The quantitative estimate of drug-likeness (QED) is 0.0272. The Morgan fingerprint density at radius 3 is 1.12 bits per heavy atom. The Morgan fingerprint density at radius 1 is 0.523 bits per heavy atom. The third kappa shape index (κ3) is 50.9. The Kier molecular flexibility index (Phi) is 47.7. The molecule has 0 aliphatic heterocycles. The summed E-state index contributed by atoms with van der Waals surface area (Å²) in [6, 6.07) is -0.877. The number of nitrogens with zero attached hydrogens (tertiary/aromatic N) is 1. The standard InChI is InChI=1S/C56H113N2O6P/c1-6-8-10-11-12-13-14-15-16-17-18-19-20-21-22-23-24-25-26-27-28-29-30-31-32-33-34-35-36-37-38-39-40-41-42-43-44-45-46-48-50-56(60)57-54(55(59)49-47-9-7-2)53-64-65(61,62)63-52-51-58(3,4)5/h47,49,54-55,59H,6-46,48,50-53H2,1-5H3,(H-,57,60,61,62)/b49-47+. The minimum Gasteiger partial charge on any atom is -0.756 e. The summed E-state index contributed by atoms with van der Waals surface area (Å²) in [5, 5.41) is 13.4. The van der Waals surface area contributed by atoms with Gasteiger partial charge in [0.2, 0.25) is 5.91 Å². The van der Waals surface area contributed by atoms with E-state index in [1.165, 1.54) is 238 Å². The molecule has 3 atom stereocenters. The number of allylic oxidation sites excluding steroid dienone is 1. The van der Waals surface area contributed by atoms with E-state index < -0.39 is 20.0 Å². The van der Waals surface area contributed by atoms with Gasteiger partial charge in [0.25, 0.3) is 7.82 Å². The van der Waals surface area contributed by atoms with Gasteiger partial charge >= 0.3 is 0 Å². The van der Waals surface area contributed by atoms with Crippen LogP contribution in [-0.2, 0) is 18.4 Å². The molecule has 1 amide bonds. The van der Waals surface area contributed by atoms with Gasteiger partial charge in [-0.1, -0.05) is 283 Å². The Bertz CT molecular complexity index is 1070. The van der Waals surface area contributed by atoms with E-state index in [1.807, 2.05) is 34.1 Å². The molecule has 0 saturated heterocycles. The number of hydrogen-bond acceptors (Lipinski definition) is 6. The van der Waals surface area contributed by atoms with Gasteiger partial charge in [0.1, 0.15) is 13.2 Å². The lowest BCUT2D eigenvalue weighted by atomic mass is 10.0. The fourth-order valence-corrected chi connectivity index (χ4v) is 9.48. The van der Waals surface area contributed by atoms with Crippen LogP contribution in [0.1, 0.15) is 290 Å². The Labute approximate surface area is 405 Å². The topological polar surface area (TPSA) is 108 Å². The van der Waals surface area contributed by atoms with E-state index in [0.717, 1.165) is 32.1 Å². The molecule has 388 valence electrons. The maximum atomic E-state index is 12.7. The number of aliphatic hydroxyl groups excluding tert-OH is 1. The molecular weight excluding hydrogens is 828 g/mol. The maximum Gasteiger partial charge on any atom is 0.268 e. The summed E-state index contributed by atoms with van der Waals surface area (Å²) in [5.41, 5.74) is 0. The first-order valence-electron chi connectivity index (χ1n) is 28.6. The van der Waals surface area contributed by atoms with Crippen molar-refractivity contribution in [3.05, 3.63) is 12.2 Å². The van der Waals surface area contributed by atoms with Crippen LogP contribution in [0.5, 0.6) is 0 Å². The second-order valence-corrected chi connectivity index (χ2v) is 22.4. The van der Waals surface area contributed by atoms with Gasteiger partial charge in [0.15, 0.2) is 0 Å². The molecule has 8 nitrogen and oxygen atoms in total. The number of carbonyl (C=O) groups is 1. The van der Waals surface area contributed by atoms with Crippen LogP contribution in [0.4, 0.5) is 0 Å². The molecule has 0 rings (SSSR count). The average Bonchev–Trinajstić information content (AvgIpc) is 3.26. The summed E-state index contributed by atoms with van der Waals surface area (Å²) in [5.74, 6) is -0.204. The minimum absolute atomic E-state index is 0.0000579. The lowest BCUT2D eigenvalue weighted by molar-refractivity contribution is -0.870. The van der Waals surface area contributed by atoms with Crippen LogP contribution in [-0.4, -0.2) is 68.5 Å². The van der Waals surface area contributed by atoms with E-state index in [4.69, 9.17) is 9.05 Å². The van der Waals surface area contributed by atoms with Gasteiger partial charge in [-0.3, -0.25) is 9.36 Å². The van der Waals surface area contributed by atoms with Crippen molar-refractivity contribution in [3.8, 4) is 0 Å². The summed E-state index contributed by atoms with van der Waals surface area (Å²) in [7, 11) is 1.27. The Balaban J connectivity index is 3.53. The number of rotatable bonds is 53. The van der Waals surface area contributed by atoms with Gasteiger partial charge in [0.05, 0.1) is 39.9 Å². The molecule has 65 heavy (non-hydrogen) atoms. The van der Waals surface area contributed by atoms with Gasteiger partial charge < -0.3 is 28.8 Å². The summed E-state index contributed by atoms with van der Waals surface area (Å²) < 4.78 is 22.9. The molecule has 0 aromatic carbocycles. The molecule has 0 spiro atoms. The second kappa shape index (κ2) is 48.3. The fourth-order valence-electron chi connectivity index (χ4n) is 8.75. The van der Waals surface area contributed by atoms with Crippen molar-refractivity contribution in [1.29, 1.82) is 0 Å². The normalized spacial score (nSPS) is 14.0. The first kappa shape index (κ1) is 64.2. The lowest BCUT2D eigenvalue weighted by Crippen LogP contribution is -2.45. The van der Waals surface area contributed by atoms with E-state index in [1.54, 1.807) is 6.08 Å². The van der Waals surface area contributed by atoms with Crippen molar-refractivity contribution in [2.45, 2.75) is 302 Å². The van der Waals surface area contributed by atoms with Crippen LogP contribution in [0.25, 0.3) is 0 Å². The van der Waals surface area contributed by atoms with Gasteiger partial charge in [-0.2, -0.15) is 0 Å². The summed E-state index contributed by atoms with van der Waals surface area (Å²) >= 11 is 0. The molecule has 0 aromatic rings. The number of amides is 1. The number of phosphoric ester groups is 1. The molecule has 0 saturated carbocycles. The van der Waals surface area contributed by atoms with Crippen LogP contribution in [0.2, 0.25) is 0 Å². The van der Waals surface area contributed by atoms with E-state index >= 15 is 0 Å². The number of quaternary nitrogens is 1. The van der Waals surface area contributed by atoms with Crippen molar-refractivity contribution < 1.29 is 32.9 Å². The van der Waals surface area contributed by atoms with Crippen molar-refractivity contribution in [1.82, 2.24) is 5.32 Å². The number of hydrogen-bond donors (Lipinski definition) is 2. The molecular formula is C56H113N2O6P. The van der Waals surface area contributed by atoms with E-state index in [2.05, 4.69) is 12.2 Å². The van der Waals surface area contributed by atoms with Crippen LogP contribution in [0.3, 0.4) is 0 Å². The number of phosphoric acid groups is 1. The van der Waals surface area contributed by atoms with Gasteiger partial charge in [0, 0.05) is 6.42 Å². The second-order valence-electron chi connectivity index (χ2n) is 21.0. The van der Waals surface area contributed by atoms with E-state index in [9.17, 15) is 19.4 Å². The first-order valence-corrected chi connectivity index (χ1v) is 30.0. The molecule has 0 radical (unpaired) electrons. The lowest BCUT2D eigenvalue weighted by Gasteiger charge is -2.29. The van der Waals surface area contributed by atoms with Gasteiger partial charge in [-0.15, -0.1) is 0 Å². The highest BCUT2D eigenvalue weighted by Gasteiger charge is 2.23. The summed E-state index contributed by atoms with van der Waals surface area (Å²) in [6.45, 7) is 4.46. The molecule has 0 aliphatic carbocycles. The molecule has 2 N–H and O–H groups in total.